The van der Waals surface area contributed by atoms with Gasteiger partial charge in [0.25, 0.3) is 0 Å². The number of hydrogen-bond acceptors (Lipinski definition) is 2. The van der Waals surface area contributed by atoms with E-state index >= 15 is 0 Å². The van der Waals surface area contributed by atoms with Crippen molar-refractivity contribution >= 4 is 5.91 Å². The second-order valence-corrected chi connectivity index (χ2v) is 3.06. The molecule has 64 valence electrons. The van der Waals surface area contributed by atoms with Crippen LogP contribution in [0.15, 0.2) is 0 Å². The van der Waals surface area contributed by atoms with Crippen LogP contribution in [0.1, 0.15) is 32.6 Å². The van der Waals surface area contributed by atoms with Gasteiger partial charge >= 0.3 is 0 Å². The molecule has 0 aromatic heterocycles. The number of amides is 1. The molecule has 1 aliphatic rings. The van der Waals surface area contributed by atoms with Crippen LogP contribution in [0.2, 0.25) is 0 Å². The molecule has 1 amide bonds. The van der Waals surface area contributed by atoms with Gasteiger partial charge in [0.05, 0.1) is 0 Å². The summed E-state index contributed by atoms with van der Waals surface area (Å²) >= 11 is 0. The van der Waals surface area contributed by atoms with Crippen molar-refractivity contribution in [2.75, 3.05) is 6.61 Å². The van der Waals surface area contributed by atoms with Gasteiger partial charge in [0.2, 0.25) is 5.91 Å². The molecule has 0 heterocycles. The average molecular weight is 157 g/mol. The fourth-order valence-electron chi connectivity index (χ4n) is 0.987. The lowest BCUT2D eigenvalue weighted by Gasteiger charge is -2.11. The van der Waals surface area contributed by atoms with Crippen molar-refractivity contribution < 1.29 is 9.53 Å². The molecular formula is C8H15NO2. The Bertz CT molecular complexity index is 152. The van der Waals surface area contributed by atoms with Crippen LogP contribution in [0.4, 0.5) is 0 Å². The van der Waals surface area contributed by atoms with Crippen molar-refractivity contribution in [3.05, 3.63) is 0 Å². The van der Waals surface area contributed by atoms with Crippen LogP contribution < -0.4 is 5.73 Å². The van der Waals surface area contributed by atoms with Gasteiger partial charge in [-0.2, -0.15) is 0 Å². The molecule has 1 rings (SSSR count). The molecule has 3 nitrogen and oxygen atoms in total. The van der Waals surface area contributed by atoms with E-state index in [1.165, 1.54) is 0 Å². The zero-order valence-corrected chi connectivity index (χ0v) is 6.93. The maximum Gasteiger partial charge on any atom is 0.249 e. The van der Waals surface area contributed by atoms with E-state index in [2.05, 4.69) is 6.92 Å². The van der Waals surface area contributed by atoms with E-state index in [-0.39, 0.29) is 5.91 Å². The van der Waals surface area contributed by atoms with Crippen LogP contribution in [-0.2, 0) is 9.53 Å². The number of rotatable bonds is 5. The number of carbonyl (C=O) groups is 1. The Morgan fingerprint density at radius 3 is 2.64 bits per heavy atom. The quantitative estimate of drug-likeness (QED) is 0.601. The highest BCUT2D eigenvalue weighted by atomic mass is 16.5. The number of ether oxygens (including phenoxy) is 1. The van der Waals surface area contributed by atoms with Crippen LogP contribution in [-0.4, -0.2) is 18.1 Å². The van der Waals surface area contributed by atoms with E-state index in [1.807, 2.05) is 0 Å². The first-order chi connectivity index (χ1) is 5.21. The molecule has 1 fully saturated rings. The fraction of sp³-hybridized carbons (Fsp3) is 0.875. The van der Waals surface area contributed by atoms with Gasteiger partial charge in [-0.15, -0.1) is 0 Å². The van der Waals surface area contributed by atoms with Gasteiger partial charge < -0.3 is 10.5 Å². The third-order valence-corrected chi connectivity index (χ3v) is 2.03. The lowest BCUT2D eigenvalue weighted by Crippen LogP contribution is -2.33. The van der Waals surface area contributed by atoms with Crippen molar-refractivity contribution in [3.63, 3.8) is 0 Å². The van der Waals surface area contributed by atoms with Gasteiger partial charge in [-0.25, -0.2) is 0 Å². The summed E-state index contributed by atoms with van der Waals surface area (Å²) in [7, 11) is 0. The Morgan fingerprint density at radius 2 is 2.27 bits per heavy atom. The molecule has 0 aromatic rings. The molecule has 2 N–H and O–H groups in total. The Morgan fingerprint density at radius 1 is 1.64 bits per heavy atom. The van der Waals surface area contributed by atoms with Gasteiger partial charge in [-0.1, -0.05) is 13.3 Å². The van der Waals surface area contributed by atoms with Crippen LogP contribution in [0.25, 0.3) is 0 Å². The second-order valence-electron chi connectivity index (χ2n) is 3.06. The molecule has 0 saturated heterocycles. The first-order valence-electron chi connectivity index (χ1n) is 4.15. The summed E-state index contributed by atoms with van der Waals surface area (Å²) in [5, 5.41) is 0. The number of primary amides is 1. The number of nitrogens with two attached hydrogens (primary N) is 1. The Kier molecular flexibility index (Phi) is 2.49. The minimum Gasteiger partial charge on any atom is -0.367 e. The van der Waals surface area contributed by atoms with E-state index in [0.717, 1.165) is 25.7 Å². The predicted octanol–water partition coefficient (Wildman–Crippen LogP) is 0.821. The Balaban J connectivity index is 2.20. The summed E-state index contributed by atoms with van der Waals surface area (Å²) in [4.78, 5) is 10.8. The van der Waals surface area contributed by atoms with Gasteiger partial charge in [0.1, 0.15) is 5.60 Å². The highest BCUT2D eigenvalue weighted by Crippen LogP contribution is 2.39. The zero-order chi connectivity index (χ0) is 8.32. The number of unbranched alkanes of at least 4 members (excludes halogenated alkanes) is 1. The van der Waals surface area contributed by atoms with Crippen LogP contribution in [0.3, 0.4) is 0 Å². The summed E-state index contributed by atoms with van der Waals surface area (Å²) in [6, 6.07) is 0. The van der Waals surface area contributed by atoms with Gasteiger partial charge in [0, 0.05) is 6.61 Å². The lowest BCUT2D eigenvalue weighted by molar-refractivity contribution is -0.132. The van der Waals surface area contributed by atoms with Gasteiger partial charge in [-0.05, 0) is 19.3 Å². The van der Waals surface area contributed by atoms with Crippen molar-refractivity contribution in [3.8, 4) is 0 Å². The third kappa shape index (κ3) is 1.93. The molecule has 11 heavy (non-hydrogen) atoms. The first-order valence-corrected chi connectivity index (χ1v) is 4.15. The number of carbonyl (C=O) groups excluding carboxylic acids is 1. The van der Waals surface area contributed by atoms with E-state index in [1.54, 1.807) is 0 Å². The van der Waals surface area contributed by atoms with Gasteiger partial charge in [-0.3, -0.25) is 4.79 Å². The molecule has 0 spiro atoms. The second kappa shape index (κ2) is 3.22. The Labute approximate surface area is 66.9 Å². The highest BCUT2D eigenvalue weighted by molar-refractivity contribution is 5.86. The van der Waals surface area contributed by atoms with E-state index in [4.69, 9.17) is 10.5 Å². The van der Waals surface area contributed by atoms with Crippen molar-refractivity contribution in [2.45, 2.75) is 38.2 Å². The largest absolute Gasteiger partial charge is 0.367 e. The standard InChI is InChI=1S/C8H15NO2/c1-2-3-6-11-8(4-5-8)7(9)10/h2-6H2,1H3,(H2,9,10). The van der Waals surface area contributed by atoms with E-state index < -0.39 is 5.60 Å². The molecule has 0 aliphatic heterocycles. The normalized spacial score (nSPS) is 19.7. The summed E-state index contributed by atoms with van der Waals surface area (Å²) in [6.07, 6.45) is 3.72. The maximum absolute atomic E-state index is 10.8. The highest BCUT2D eigenvalue weighted by Gasteiger charge is 2.49. The predicted molar refractivity (Wildman–Crippen MR) is 42.0 cm³/mol. The molecule has 1 aliphatic carbocycles. The SMILES string of the molecule is CCCCOC1(C(N)=O)CC1. The fourth-order valence-corrected chi connectivity index (χ4v) is 0.987. The van der Waals surface area contributed by atoms with Crippen molar-refractivity contribution in [1.29, 1.82) is 0 Å². The first kappa shape index (κ1) is 8.53. The van der Waals surface area contributed by atoms with E-state index in [0.29, 0.717) is 6.61 Å². The molecule has 0 radical (unpaired) electrons. The summed E-state index contributed by atoms with van der Waals surface area (Å²) in [5.74, 6) is -0.298. The monoisotopic (exact) mass is 157 g/mol. The van der Waals surface area contributed by atoms with Crippen molar-refractivity contribution in [2.24, 2.45) is 5.73 Å². The van der Waals surface area contributed by atoms with E-state index in [9.17, 15) is 4.79 Å². The van der Waals surface area contributed by atoms with Crippen LogP contribution >= 0.6 is 0 Å². The number of hydrogen-bond donors (Lipinski definition) is 1. The summed E-state index contributed by atoms with van der Waals surface area (Å²) in [5.41, 5.74) is 4.59. The third-order valence-electron chi connectivity index (χ3n) is 2.03. The van der Waals surface area contributed by atoms with Crippen LogP contribution in [0.5, 0.6) is 0 Å². The van der Waals surface area contributed by atoms with Gasteiger partial charge in [0.15, 0.2) is 0 Å². The minimum atomic E-state index is -0.560. The van der Waals surface area contributed by atoms with Crippen LogP contribution in [0, 0.1) is 0 Å². The molecule has 0 aromatic carbocycles. The molecule has 3 heteroatoms. The molecular weight excluding hydrogens is 142 g/mol. The zero-order valence-electron chi connectivity index (χ0n) is 6.93. The minimum absolute atomic E-state index is 0.298. The smallest absolute Gasteiger partial charge is 0.249 e. The topological polar surface area (TPSA) is 52.3 Å². The Hall–Kier alpha value is -0.570. The summed E-state index contributed by atoms with van der Waals surface area (Å²) in [6.45, 7) is 2.76. The lowest BCUT2D eigenvalue weighted by atomic mass is 10.3. The molecule has 0 unspecified atom stereocenters. The summed E-state index contributed by atoms with van der Waals surface area (Å²) < 4.78 is 5.37. The molecule has 0 bridgehead atoms. The van der Waals surface area contributed by atoms with Crippen molar-refractivity contribution in [1.82, 2.24) is 0 Å². The molecule has 0 atom stereocenters. The maximum atomic E-state index is 10.8. The average Bonchev–Trinajstić information content (AvgIpc) is 2.70. The molecule has 1 saturated carbocycles.